The molecule has 5 nitrogen and oxygen atoms in total. The molecule has 2 aromatic heterocycles. The molecule has 1 N–H and O–H groups in total. The number of methoxy groups -OCH3 is 1. The topological polar surface area (TPSA) is 59.7 Å². The third-order valence-electron chi connectivity index (χ3n) is 3.15. The van der Waals surface area contributed by atoms with Gasteiger partial charge in [0.05, 0.1) is 25.0 Å². The molecule has 1 unspecified atom stereocenters. The van der Waals surface area contributed by atoms with Gasteiger partial charge in [0.1, 0.15) is 17.7 Å². The van der Waals surface area contributed by atoms with Crippen LogP contribution < -0.4 is 4.74 Å². The highest BCUT2D eigenvalue weighted by Crippen LogP contribution is 2.28. The predicted octanol–water partition coefficient (Wildman–Crippen LogP) is 1.96. The Kier molecular flexibility index (Phi) is 3.08. The number of hydrogen-bond acceptors (Lipinski definition) is 4. The quantitative estimate of drug-likeness (QED) is 0.792. The molecule has 1 aromatic carbocycles. The number of nitrogens with zero attached hydrogens (tertiary/aromatic N) is 3. The van der Waals surface area contributed by atoms with Crippen molar-refractivity contribution in [1.29, 1.82) is 0 Å². The minimum atomic E-state index is -1.11. The Morgan fingerprint density at radius 3 is 2.90 bits per heavy atom. The zero-order chi connectivity index (χ0) is 14.1. The Hall–Kier alpha value is -2.47. The van der Waals surface area contributed by atoms with Crippen LogP contribution in [-0.4, -0.2) is 26.8 Å². The molecular weight excluding hydrogens is 261 g/mol. The Balaban J connectivity index is 2.06. The van der Waals surface area contributed by atoms with Crippen LogP contribution >= 0.6 is 0 Å². The molecule has 0 bridgehead atoms. The molecule has 0 aliphatic rings. The van der Waals surface area contributed by atoms with Gasteiger partial charge in [0.25, 0.3) is 0 Å². The van der Waals surface area contributed by atoms with E-state index in [-0.39, 0.29) is 5.56 Å². The zero-order valence-corrected chi connectivity index (χ0v) is 10.7. The van der Waals surface area contributed by atoms with Crippen LogP contribution in [0.1, 0.15) is 17.2 Å². The van der Waals surface area contributed by atoms with Gasteiger partial charge < -0.3 is 9.84 Å². The van der Waals surface area contributed by atoms with Gasteiger partial charge in [-0.25, -0.2) is 8.91 Å². The molecule has 1 atom stereocenters. The molecule has 2 heterocycles. The summed E-state index contributed by atoms with van der Waals surface area (Å²) in [5.41, 5.74) is 1.31. The average molecular weight is 273 g/mol. The van der Waals surface area contributed by atoms with Crippen molar-refractivity contribution in [3.05, 3.63) is 59.9 Å². The van der Waals surface area contributed by atoms with Crippen molar-refractivity contribution in [2.24, 2.45) is 0 Å². The summed E-state index contributed by atoms with van der Waals surface area (Å²) in [7, 11) is 1.46. The fourth-order valence-corrected chi connectivity index (χ4v) is 2.09. The first-order chi connectivity index (χ1) is 9.70. The summed E-state index contributed by atoms with van der Waals surface area (Å²) >= 11 is 0. The third-order valence-corrected chi connectivity index (χ3v) is 3.15. The van der Waals surface area contributed by atoms with Crippen LogP contribution in [0.4, 0.5) is 4.39 Å². The molecule has 0 saturated heterocycles. The molecule has 0 fully saturated rings. The van der Waals surface area contributed by atoms with Crippen molar-refractivity contribution in [2.45, 2.75) is 6.10 Å². The largest absolute Gasteiger partial charge is 0.497 e. The molecule has 0 amide bonds. The first kappa shape index (κ1) is 12.6. The molecule has 0 aliphatic heterocycles. The van der Waals surface area contributed by atoms with Crippen LogP contribution in [0.25, 0.3) is 5.52 Å². The van der Waals surface area contributed by atoms with Gasteiger partial charge in [0.2, 0.25) is 0 Å². The second-order valence-electron chi connectivity index (χ2n) is 4.30. The summed E-state index contributed by atoms with van der Waals surface area (Å²) in [6.45, 7) is 0. The fourth-order valence-electron chi connectivity index (χ4n) is 2.09. The van der Waals surface area contributed by atoms with Crippen LogP contribution in [0.5, 0.6) is 5.75 Å². The van der Waals surface area contributed by atoms with E-state index in [1.54, 1.807) is 29.2 Å². The zero-order valence-electron chi connectivity index (χ0n) is 10.7. The minimum absolute atomic E-state index is 0.171. The summed E-state index contributed by atoms with van der Waals surface area (Å²) in [5.74, 6) is -0.125. The summed E-state index contributed by atoms with van der Waals surface area (Å²) in [6.07, 6.45) is 5.22. The Morgan fingerprint density at radius 1 is 1.30 bits per heavy atom. The van der Waals surface area contributed by atoms with Crippen molar-refractivity contribution >= 4 is 5.52 Å². The lowest BCUT2D eigenvalue weighted by Gasteiger charge is -2.11. The summed E-state index contributed by atoms with van der Waals surface area (Å²) < 4.78 is 20.5. The van der Waals surface area contributed by atoms with Crippen molar-refractivity contribution in [3.8, 4) is 5.75 Å². The molecule has 20 heavy (non-hydrogen) atoms. The van der Waals surface area contributed by atoms with Gasteiger partial charge in [-0.05, 0) is 12.1 Å². The normalized spacial score (nSPS) is 12.6. The molecular formula is C14H12FN3O2. The van der Waals surface area contributed by atoms with Crippen molar-refractivity contribution in [3.63, 3.8) is 0 Å². The van der Waals surface area contributed by atoms with E-state index in [1.807, 2.05) is 0 Å². The first-order valence-corrected chi connectivity index (χ1v) is 5.99. The standard InChI is InChI=1S/C14H12FN3O2/c1-20-9-2-3-10(12(15)6-9)14(19)11-7-17-18-5-4-16-8-13(11)18/h2-8,14,19H,1H3. The van der Waals surface area contributed by atoms with E-state index in [1.165, 1.54) is 25.4 Å². The van der Waals surface area contributed by atoms with Crippen LogP contribution in [0.15, 0.2) is 43.0 Å². The van der Waals surface area contributed by atoms with Crippen LogP contribution in [0, 0.1) is 5.82 Å². The average Bonchev–Trinajstić information content (AvgIpc) is 2.90. The fraction of sp³-hybridized carbons (Fsp3) is 0.143. The number of aliphatic hydroxyl groups is 1. The van der Waals surface area contributed by atoms with Gasteiger partial charge in [-0.15, -0.1) is 0 Å². The Bertz CT molecular complexity index is 757. The van der Waals surface area contributed by atoms with Crippen LogP contribution in [0.3, 0.4) is 0 Å². The highest BCUT2D eigenvalue weighted by atomic mass is 19.1. The van der Waals surface area contributed by atoms with Crippen molar-refractivity contribution in [2.75, 3.05) is 7.11 Å². The monoisotopic (exact) mass is 273 g/mol. The lowest BCUT2D eigenvalue weighted by molar-refractivity contribution is 0.216. The first-order valence-electron chi connectivity index (χ1n) is 5.99. The number of aliphatic hydroxyl groups excluding tert-OH is 1. The number of rotatable bonds is 3. The Morgan fingerprint density at radius 2 is 2.15 bits per heavy atom. The van der Waals surface area contributed by atoms with E-state index in [0.717, 1.165) is 0 Å². The lowest BCUT2D eigenvalue weighted by Crippen LogP contribution is -2.03. The van der Waals surface area contributed by atoms with E-state index in [2.05, 4.69) is 10.1 Å². The lowest BCUT2D eigenvalue weighted by atomic mass is 10.0. The number of benzene rings is 1. The van der Waals surface area contributed by atoms with Crippen LogP contribution in [-0.2, 0) is 0 Å². The van der Waals surface area contributed by atoms with Crippen molar-refractivity contribution < 1.29 is 14.2 Å². The summed E-state index contributed by atoms with van der Waals surface area (Å²) in [5, 5.41) is 14.5. The molecule has 0 saturated carbocycles. The molecule has 102 valence electrons. The summed E-state index contributed by atoms with van der Waals surface area (Å²) in [4.78, 5) is 3.99. The molecule has 3 aromatic rings. The van der Waals surface area contributed by atoms with E-state index >= 15 is 0 Å². The minimum Gasteiger partial charge on any atom is -0.497 e. The highest BCUT2D eigenvalue weighted by molar-refractivity contribution is 5.55. The van der Waals surface area contributed by atoms with Gasteiger partial charge in [-0.3, -0.25) is 4.98 Å². The number of fused-ring (bicyclic) bond motifs is 1. The van der Waals surface area contributed by atoms with Gasteiger partial charge >= 0.3 is 0 Å². The van der Waals surface area contributed by atoms with E-state index in [0.29, 0.717) is 16.8 Å². The molecule has 0 radical (unpaired) electrons. The maximum Gasteiger partial charge on any atom is 0.133 e. The number of hydrogen-bond donors (Lipinski definition) is 1. The predicted molar refractivity (Wildman–Crippen MR) is 70.0 cm³/mol. The highest BCUT2D eigenvalue weighted by Gasteiger charge is 2.19. The number of halogens is 1. The van der Waals surface area contributed by atoms with Crippen LogP contribution in [0.2, 0.25) is 0 Å². The number of ether oxygens (including phenoxy) is 1. The van der Waals surface area contributed by atoms with E-state index in [4.69, 9.17) is 4.74 Å². The third kappa shape index (κ3) is 2.00. The SMILES string of the molecule is COc1ccc(C(O)c2cnn3ccncc23)c(F)c1. The maximum absolute atomic E-state index is 14.0. The van der Waals surface area contributed by atoms with Crippen molar-refractivity contribution in [1.82, 2.24) is 14.6 Å². The van der Waals surface area contributed by atoms with E-state index in [9.17, 15) is 9.50 Å². The second kappa shape index (κ2) is 4.90. The molecule has 0 spiro atoms. The number of aromatic nitrogens is 3. The Labute approximate surface area is 114 Å². The maximum atomic E-state index is 14.0. The molecule has 0 aliphatic carbocycles. The molecule has 6 heteroatoms. The van der Waals surface area contributed by atoms with E-state index < -0.39 is 11.9 Å². The second-order valence-corrected chi connectivity index (χ2v) is 4.30. The van der Waals surface area contributed by atoms with Gasteiger partial charge in [-0.2, -0.15) is 5.10 Å². The smallest absolute Gasteiger partial charge is 0.133 e. The van der Waals surface area contributed by atoms with Gasteiger partial charge in [0, 0.05) is 29.6 Å². The van der Waals surface area contributed by atoms with Gasteiger partial charge in [0.15, 0.2) is 0 Å². The van der Waals surface area contributed by atoms with Gasteiger partial charge in [-0.1, -0.05) is 0 Å². The summed E-state index contributed by atoms with van der Waals surface area (Å²) in [6, 6.07) is 4.34. The molecule has 3 rings (SSSR count).